The van der Waals surface area contributed by atoms with Crippen LogP contribution in [0, 0.1) is 6.92 Å². The zero-order chi connectivity index (χ0) is 14.2. The first-order chi connectivity index (χ1) is 8.91. The fraction of sp³-hybridized carbons (Fsp3) is 0.667. The van der Waals surface area contributed by atoms with Crippen molar-refractivity contribution in [2.45, 2.75) is 46.3 Å². The summed E-state index contributed by atoms with van der Waals surface area (Å²) < 4.78 is 2.18. The van der Waals surface area contributed by atoms with E-state index in [2.05, 4.69) is 36.9 Å². The molecule has 1 aliphatic rings. The Labute approximate surface area is 116 Å². The highest BCUT2D eigenvalue weighted by atomic mass is 15.3. The van der Waals surface area contributed by atoms with Crippen LogP contribution in [0.2, 0.25) is 0 Å². The summed E-state index contributed by atoms with van der Waals surface area (Å²) in [6, 6.07) is 0.585. The largest absolute Gasteiger partial charge is 0.376 e. The van der Waals surface area contributed by atoms with E-state index in [1.165, 1.54) is 17.7 Å². The Balaban J connectivity index is 2.36. The summed E-state index contributed by atoms with van der Waals surface area (Å²) in [6.45, 7) is 14.0. The van der Waals surface area contributed by atoms with Crippen molar-refractivity contribution < 1.29 is 0 Å². The molecule has 1 aromatic rings. The summed E-state index contributed by atoms with van der Waals surface area (Å²) >= 11 is 0. The molecule has 0 aliphatic carbocycles. The molecule has 0 saturated heterocycles. The maximum Gasteiger partial charge on any atom is 0.111 e. The van der Waals surface area contributed by atoms with E-state index in [4.69, 9.17) is 5.10 Å². The Morgan fingerprint density at radius 3 is 2.58 bits per heavy atom. The molecule has 0 aromatic carbocycles. The number of rotatable bonds is 3. The van der Waals surface area contributed by atoms with Crippen molar-refractivity contribution in [1.29, 1.82) is 0 Å². The maximum absolute atomic E-state index is 4.77. The predicted octanol–water partition coefficient (Wildman–Crippen LogP) is 2.34. The highest BCUT2D eigenvalue weighted by Gasteiger charge is 2.22. The van der Waals surface area contributed by atoms with E-state index in [0.29, 0.717) is 6.04 Å². The van der Waals surface area contributed by atoms with Crippen molar-refractivity contribution in [3.63, 3.8) is 0 Å². The van der Waals surface area contributed by atoms with Gasteiger partial charge in [0.2, 0.25) is 0 Å². The molecule has 2 rings (SSSR count). The van der Waals surface area contributed by atoms with E-state index in [9.17, 15) is 0 Å². The first kappa shape index (κ1) is 14.1. The molecule has 19 heavy (non-hydrogen) atoms. The van der Waals surface area contributed by atoms with Crippen LogP contribution >= 0.6 is 0 Å². The fourth-order valence-electron chi connectivity index (χ4n) is 2.59. The molecule has 2 heterocycles. The second kappa shape index (κ2) is 5.37. The Kier molecular flexibility index (Phi) is 3.99. The zero-order valence-electron chi connectivity index (χ0n) is 12.9. The Hall–Kier alpha value is -1.29. The lowest BCUT2D eigenvalue weighted by atomic mass is 10.1. The molecule has 0 saturated carbocycles. The summed E-state index contributed by atoms with van der Waals surface area (Å²) in [5, 5.41) is 4.77. The van der Waals surface area contributed by atoms with Gasteiger partial charge in [0.15, 0.2) is 0 Å². The van der Waals surface area contributed by atoms with Crippen LogP contribution in [0.1, 0.15) is 37.2 Å². The van der Waals surface area contributed by atoms with Gasteiger partial charge in [-0.2, -0.15) is 5.10 Å². The lowest BCUT2D eigenvalue weighted by Crippen LogP contribution is -2.30. The molecule has 1 aromatic heterocycles. The van der Waals surface area contributed by atoms with Gasteiger partial charge in [-0.25, -0.2) is 0 Å². The molecule has 1 aliphatic heterocycles. The second-order valence-corrected chi connectivity index (χ2v) is 5.90. The van der Waals surface area contributed by atoms with Crippen LogP contribution in [0.25, 0.3) is 5.70 Å². The Morgan fingerprint density at radius 1 is 1.32 bits per heavy atom. The van der Waals surface area contributed by atoms with E-state index < -0.39 is 0 Å². The topological polar surface area (TPSA) is 24.3 Å². The summed E-state index contributed by atoms with van der Waals surface area (Å²) in [5.41, 5.74) is 4.68. The number of hydrogen-bond acceptors (Lipinski definition) is 3. The van der Waals surface area contributed by atoms with Crippen LogP contribution in [-0.4, -0.2) is 46.3 Å². The molecule has 106 valence electrons. The minimum absolute atomic E-state index is 0.585. The first-order valence-corrected chi connectivity index (χ1v) is 7.08. The van der Waals surface area contributed by atoms with Gasteiger partial charge >= 0.3 is 0 Å². The maximum atomic E-state index is 4.77. The van der Waals surface area contributed by atoms with Crippen LogP contribution in [0.15, 0.2) is 6.58 Å². The van der Waals surface area contributed by atoms with Gasteiger partial charge in [-0.15, -0.1) is 0 Å². The molecule has 0 N–H and O–H groups in total. The molecule has 0 fully saturated rings. The van der Waals surface area contributed by atoms with Gasteiger partial charge in [0.1, 0.15) is 5.69 Å². The molecule has 0 amide bonds. The lowest BCUT2D eigenvalue weighted by molar-refractivity contribution is 0.216. The van der Waals surface area contributed by atoms with Crippen molar-refractivity contribution >= 4 is 5.70 Å². The fourth-order valence-corrected chi connectivity index (χ4v) is 2.59. The summed E-state index contributed by atoms with van der Waals surface area (Å²) in [4.78, 5) is 4.56. The van der Waals surface area contributed by atoms with Gasteiger partial charge < -0.3 is 4.90 Å². The Bertz CT molecular complexity index is 471. The molecular formula is C15H26N4. The third-order valence-corrected chi connectivity index (χ3v) is 4.03. The average molecular weight is 262 g/mol. The van der Waals surface area contributed by atoms with Gasteiger partial charge in [-0.05, 0) is 27.2 Å². The normalized spacial score (nSPS) is 16.3. The molecule has 4 nitrogen and oxygen atoms in total. The number of aromatic nitrogens is 2. The second-order valence-electron chi connectivity index (χ2n) is 5.90. The highest BCUT2D eigenvalue weighted by Crippen LogP contribution is 2.25. The van der Waals surface area contributed by atoms with E-state index in [1.807, 2.05) is 19.0 Å². The zero-order valence-corrected chi connectivity index (χ0v) is 12.9. The van der Waals surface area contributed by atoms with Crippen molar-refractivity contribution in [2.75, 3.05) is 20.6 Å². The van der Waals surface area contributed by atoms with Crippen molar-refractivity contribution in [2.24, 2.45) is 0 Å². The van der Waals surface area contributed by atoms with Gasteiger partial charge in [0, 0.05) is 45.3 Å². The molecular weight excluding hydrogens is 236 g/mol. The quantitative estimate of drug-likeness (QED) is 0.835. The number of aryl methyl sites for hydroxylation is 1. The predicted molar refractivity (Wildman–Crippen MR) is 79.8 cm³/mol. The van der Waals surface area contributed by atoms with Crippen molar-refractivity contribution in [3.05, 3.63) is 23.5 Å². The lowest BCUT2D eigenvalue weighted by Gasteiger charge is -2.24. The van der Waals surface area contributed by atoms with Gasteiger partial charge in [0.25, 0.3) is 0 Å². The monoisotopic (exact) mass is 262 g/mol. The van der Waals surface area contributed by atoms with Gasteiger partial charge in [0.05, 0.1) is 11.4 Å². The molecule has 0 radical (unpaired) electrons. The van der Waals surface area contributed by atoms with E-state index in [-0.39, 0.29) is 0 Å². The van der Waals surface area contributed by atoms with Crippen LogP contribution in [0.5, 0.6) is 0 Å². The molecule has 0 spiro atoms. The summed E-state index contributed by atoms with van der Waals surface area (Å²) in [5.74, 6) is 0. The smallest absolute Gasteiger partial charge is 0.111 e. The number of hydrogen-bond donors (Lipinski definition) is 0. The molecule has 0 unspecified atom stereocenters. The summed E-state index contributed by atoms with van der Waals surface area (Å²) in [6.07, 6.45) is 1.17. The van der Waals surface area contributed by atoms with Gasteiger partial charge in [-0.1, -0.05) is 6.58 Å². The average Bonchev–Trinajstić information content (AvgIpc) is 2.54. The SMILES string of the molecule is C=C(c1nn2c(c1C)CN(C(C)C)CCC2)N(C)C. The van der Waals surface area contributed by atoms with Crippen molar-refractivity contribution in [3.8, 4) is 0 Å². The van der Waals surface area contributed by atoms with Crippen LogP contribution < -0.4 is 0 Å². The number of nitrogens with zero attached hydrogens (tertiary/aromatic N) is 4. The molecule has 4 heteroatoms. The minimum Gasteiger partial charge on any atom is -0.376 e. The van der Waals surface area contributed by atoms with Crippen LogP contribution in [0.4, 0.5) is 0 Å². The molecule has 0 bridgehead atoms. The van der Waals surface area contributed by atoms with E-state index in [0.717, 1.165) is 31.0 Å². The minimum atomic E-state index is 0.585. The summed E-state index contributed by atoms with van der Waals surface area (Å²) in [7, 11) is 4.04. The van der Waals surface area contributed by atoms with Crippen LogP contribution in [-0.2, 0) is 13.1 Å². The first-order valence-electron chi connectivity index (χ1n) is 7.08. The number of fused-ring (bicyclic) bond motifs is 1. The van der Waals surface area contributed by atoms with E-state index in [1.54, 1.807) is 0 Å². The van der Waals surface area contributed by atoms with E-state index >= 15 is 0 Å². The third kappa shape index (κ3) is 2.68. The standard InChI is InChI=1S/C15H26N4/c1-11(2)18-8-7-9-19-14(10-18)12(3)15(16-19)13(4)17(5)6/h11H,4,7-10H2,1-3,5-6H3. The highest BCUT2D eigenvalue weighted by molar-refractivity contribution is 5.61. The van der Waals surface area contributed by atoms with Crippen molar-refractivity contribution in [1.82, 2.24) is 19.6 Å². The van der Waals surface area contributed by atoms with Gasteiger partial charge in [-0.3, -0.25) is 9.58 Å². The third-order valence-electron chi connectivity index (χ3n) is 4.03. The molecule has 0 atom stereocenters. The van der Waals surface area contributed by atoms with Crippen LogP contribution in [0.3, 0.4) is 0 Å². The Morgan fingerprint density at radius 2 is 2.00 bits per heavy atom.